The number of nitrogens with one attached hydrogen (secondary N) is 1. The van der Waals surface area contributed by atoms with Gasteiger partial charge in [-0.25, -0.2) is 4.98 Å². The molecule has 2 aromatic carbocycles. The predicted molar refractivity (Wildman–Crippen MR) is 112 cm³/mol. The average molecular weight is 392 g/mol. The van der Waals surface area contributed by atoms with Crippen LogP contribution >= 0.6 is 0 Å². The molecule has 0 spiro atoms. The average Bonchev–Trinajstić information content (AvgIpc) is 2.73. The van der Waals surface area contributed by atoms with Crippen LogP contribution in [-0.2, 0) is 11.2 Å². The molecule has 7 nitrogen and oxygen atoms in total. The predicted octanol–water partition coefficient (Wildman–Crippen LogP) is 3.55. The number of hydrogen-bond donors (Lipinski definition) is 3. The van der Waals surface area contributed by atoms with E-state index in [1.807, 2.05) is 37.3 Å². The zero-order valence-corrected chi connectivity index (χ0v) is 16.4. The van der Waals surface area contributed by atoms with Gasteiger partial charge in [0.05, 0.1) is 7.11 Å². The van der Waals surface area contributed by atoms with Crippen LogP contribution in [-0.4, -0.2) is 34.2 Å². The molecular formula is C22H24N4O3. The Hall–Kier alpha value is -3.45. The molecule has 0 saturated carbocycles. The summed E-state index contributed by atoms with van der Waals surface area (Å²) in [7, 11) is 1.53. The first-order valence-electron chi connectivity index (χ1n) is 9.30. The number of benzene rings is 2. The summed E-state index contributed by atoms with van der Waals surface area (Å²) >= 11 is 0. The van der Waals surface area contributed by atoms with E-state index in [0.717, 1.165) is 22.4 Å². The minimum atomic E-state index is -1.03. The number of nitrogens with zero attached hydrogens (tertiary/aromatic N) is 2. The van der Waals surface area contributed by atoms with Gasteiger partial charge in [0.2, 0.25) is 11.8 Å². The first-order chi connectivity index (χ1) is 14.0. The van der Waals surface area contributed by atoms with Crippen molar-refractivity contribution in [2.75, 3.05) is 12.4 Å². The van der Waals surface area contributed by atoms with Crippen molar-refractivity contribution in [1.29, 1.82) is 0 Å². The summed E-state index contributed by atoms with van der Waals surface area (Å²) in [5.41, 5.74) is 10.5. The fourth-order valence-electron chi connectivity index (χ4n) is 3.01. The van der Waals surface area contributed by atoms with Gasteiger partial charge in [-0.15, -0.1) is 0 Å². The van der Waals surface area contributed by atoms with Crippen molar-refractivity contribution in [2.45, 2.75) is 25.8 Å². The zero-order valence-electron chi connectivity index (χ0n) is 16.4. The molecule has 1 heterocycles. The second-order valence-electron chi connectivity index (χ2n) is 6.68. The van der Waals surface area contributed by atoms with Gasteiger partial charge in [-0.1, -0.05) is 42.5 Å². The Bertz CT molecular complexity index is 993. The summed E-state index contributed by atoms with van der Waals surface area (Å²) in [6.07, 6.45) is 0.682. The molecular weight excluding hydrogens is 368 g/mol. The number of methoxy groups -OCH3 is 1. The minimum absolute atomic E-state index is 0.275. The Labute approximate surface area is 169 Å². The van der Waals surface area contributed by atoms with Gasteiger partial charge in [-0.05, 0) is 42.5 Å². The van der Waals surface area contributed by atoms with E-state index in [1.165, 1.54) is 7.11 Å². The Morgan fingerprint density at radius 1 is 1.17 bits per heavy atom. The molecule has 0 aliphatic heterocycles. The number of carbonyl (C=O) groups is 1. The van der Waals surface area contributed by atoms with Crippen LogP contribution in [0.4, 0.5) is 11.6 Å². The molecule has 1 aromatic heterocycles. The summed E-state index contributed by atoms with van der Waals surface area (Å²) < 4.78 is 5.27. The van der Waals surface area contributed by atoms with Crippen LogP contribution in [0.25, 0.3) is 11.1 Å². The molecule has 0 radical (unpaired) electrons. The molecule has 0 aliphatic rings. The first-order valence-corrected chi connectivity index (χ1v) is 9.30. The maximum Gasteiger partial charge on any atom is 0.320 e. The molecule has 0 fully saturated rings. The lowest BCUT2D eigenvalue weighted by Gasteiger charge is -2.14. The minimum Gasteiger partial charge on any atom is -0.481 e. The number of carboxylic acids is 1. The fourth-order valence-corrected chi connectivity index (χ4v) is 3.01. The van der Waals surface area contributed by atoms with Crippen LogP contribution in [0.15, 0.2) is 54.6 Å². The molecule has 1 atom stereocenters. The van der Waals surface area contributed by atoms with E-state index in [-0.39, 0.29) is 6.42 Å². The summed E-state index contributed by atoms with van der Waals surface area (Å²) in [5.74, 6) is -0.243. The maximum absolute atomic E-state index is 10.9. The van der Waals surface area contributed by atoms with Crippen molar-refractivity contribution >= 4 is 17.6 Å². The largest absolute Gasteiger partial charge is 0.481 e. The highest BCUT2D eigenvalue weighted by atomic mass is 16.5. The standard InChI is InChI=1S/C22H24N4O3/c1-14-17(15-7-4-3-5-8-15)9-6-10-19(14)25-22-24-16(13-20(26-22)29-2)11-12-18(23)21(27)28/h3-10,13,18H,11-12,23H2,1-2H3,(H,27,28)(H,24,25,26)/t18-/m0/s1. The van der Waals surface area contributed by atoms with Crippen molar-refractivity contribution < 1.29 is 14.6 Å². The number of hydrogen-bond acceptors (Lipinski definition) is 6. The number of aromatic nitrogens is 2. The van der Waals surface area contributed by atoms with E-state index in [9.17, 15) is 4.79 Å². The number of aryl methyl sites for hydroxylation is 1. The molecule has 7 heteroatoms. The van der Waals surface area contributed by atoms with E-state index in [2.05, 4.69) is 33.5 Å². The Balaban J connectivity index is 1.86. The third-order valence-electron chi connectivity index (χ3n) is 4.66. The Morgan fingerprint density at radius 2 is 1.93 bits per heavy atom. The van der Waals surface area contributed by atoms with Gasteiger partial charge in [0, 0.05) is 17.4 Å². The quantitative estimate of drug-likeness (QED) is 0.538. The van der Waals surface area contributed by atoms with Crippen LogP contribution in [0.1, 0.15) is 17.7 Å². The monoisotopic (exact) mass is 392 g/mol. The molecule has 0 aliphatic carbocycles. The summed E-state index contributed by atoms with van der Waals surface area (Å²) in [4.78, 5) is 19.8. The molecule has 29 heavy (non-hydrogen) atoms. The lowest BCUT2D eigenvalue weighted by molar-refractivity contribution is -0.138. The number of rotatable bonds is 8. The van der Waals surface area contributed by atoms with Gasteiger partial charge in [0.1, 0.15) is 6.04 Å². The van der Waals surface area contributed by atoms with Gasteiger partial charge >= 0.3 is 5.97 Å². The van der Waals surface area contributed by atoms with Gasteiger partial charge in [0.25, 0.3) is 0 Å². The van der Waals surface area contributed by atoms with E-state index in [0.29, 0.717) is 23.9 Å². The number of aliphatic carboxylic acids is 1. The molecule has 3 rings (SSSR count). The first kappa shape index (κ1) is 20.3. The zero-order chi connectivity index (χ0) is 20.8. The van der Waals surface area contributed by atoms with Crippen molar-refractivity contribution in [1.82, 2.24) is 9.97 Å². The third-order valence-corrected chi connectivity index (χ3v) is 4.66. The topological polar surface area (TPSA) is 110 Å². The highest BCUT2D eigenvalue weighted by molar-refractivity contribution is 5.75. The maximum atomic E-state index is 10.9. The van der Waals surface area contributed by atoms with Crippen molar-refractivity contribution in [3.05, 3.63) is 65.9 Å². The van der Waals surface area contributed by atoms with Gasteiger partial charge < -0.3 is 20.9 Å². The molecule has 0 saturated heterocycles. The number of nitrogens with two attached hydrogens (primary N) is 1. The van der Waals surface area contributed by atoms with Gasteiger partial charge in [-0.3, -0.25) is 4.79 Å². The highest BCUT2D eigenvalue weighted by Gasteiger charge is 2.14. The summed E-state index contributed by atoms with van der Waals surface area (Å²) in [6, 6.07) is 16.9. The molecule has 0 amide bonds. The molecule has 3 aromatic rings. The SMILES string of the molecule is COc1cc(CC[C@H](N)C(=O)O)nc(Nc2cccc(-c3ccccc3)c2C)n1. The van der Waals surface area contributed by atoms with Crippen molar-refractivity contribution in [3.8, 4) is 17.0 Å². The lowest BCUT2D eigenvalue weighted by atomic mass is 9.99. The van der Waals surface area contributed by atoms with Crippen LogP contribution in [0.2, 0.25) is 0 Å². The van der Waals surface area contributed by atoms with Crippen LogP contribution < -0.4 is 15.8 Å². The summed E-state index contributed by atoms with van der Waals surface area (Å²) in [6.45, 7) is 2.04. The number of ether oxygens (including phenoxy) is 1. The fraction of sp³-hybridized carbons (Fsp3) is 0.227. The Kier molecular flexibility index (Phi) is 6.41. The van der Waals surface area contributed by atoms with Gasteiger partial charge in [-0.2, -0.15) is 4.98 Å². The summed E-state index contributed by atoms with van der Waals surface area (Å²) in [5, 5.41) is 12.2. The highest BCUT2D eigenvalue weighted by Crippen LogP contribution is 2.30. The van der Waals surface area contributed by atoms with Crippen LogP contribution in [0.3, 0.4) is 0 Å². The second kappa shape index (κ2) is 9.16. The molecule has 150 valence electrons. The second-order valence-corrected chi connectivity index (χ2v) is 6.68. The lowest BCUT2D eigenvalue weighted by Crippen LogP contribution is -2.30. The normalized spacial score (nSPS) is 11.7. The van der Waals surface area contributed by atoms with Crippen LogP contribution in [0.5, 0.6) is 5.88 Å². The van der Waals surface area contributed by atoms with Crippen molar-refractivity contribution in [3.63, 3.8) is 0 Å². The van der Waals surface area contributed by atoms with Crippen molar-refractivity contribution in [2.24, 2.45) is 5.73 Å². The van der Waals surface area contributed by atoms with E-state index < -0.39 is 12.0 Å². The Morgan fingerprint density at radius 3 is 2.62 bits per heavy atom. The number of carboxylic acid groups (broad SMARTS) is 1. The molecule has 4 N–H and O–H groups in total. The van der Waals surface area contributed by atoms with E-state index >= 15 is 0 Å². The van der Waals surface area contributed by atoms with E-state index in [1.54, 1.807) is 6.07 Å². The third kappa shape index (κ3) is 5.08. The molecule has 0 bridgehead atoms. The van der Waals surface area contributed by atoms with Crippen LogP contribution in [0, 0.1) is 6.92 Å². The molecule has 0 unspecified atom stereocenters. The number of anilines is 2. The smallest absolute Gasteiger partial charge is 0.320 e. The van der Waals surface area contributed by atoms with Gasteiger partial charge in [0.15, 0.2) is 0 Å². The van der Waals surface area contributed by atoms with E-state index in [4.69, 9.17) is 15.6 Å².